The summed E-state index contributed by atoms with van der Waals surface area (Å²) < 4.78 is 7.02. The molecule has 0 aromatic carbocycles. The summed E-state index contributed by atoms with van der Waals surface area (Å²) in [6, 6.07) is -0.0996. The Morgan fingerprint density at radius 3 is 2.85 bits per heavy atom. The SMILES string of the molecule is Cc1noc(C)c1-c1cncc(C2CCCN2C(=O)c2cn(C)cn2)n1. The van der Waals surface area contributed by atoms with Gasteiger partial charge in [-0.3, -0.25) is 9.78 Å². The molecule has 8 nitrogen and oxygen atoms in total. The minimum Gasteiger partial charge on any atom is -0.361 e. The summed E-state index contributed by atoms with van der Waals surface area (Å²) >= 11 is 0. The number of rotatable bonds is 3. The van der Waals surface area contributed by atoms with E-state index in [2.05, 4.69) is 15.1 Å². The molecule has 1 amide bonds. The molecule has 3 aromatic heterocycles. The monoisotopic (exact) mass is 352 g/mol. The van der Waals surface area contributed by atoms with Gasteiger partial charge in [0.25, 0.3) is 5.91 Å². The maximum absolute atomic E-state index is 12.8. The number of aryl methyl sites for hydroxylation is 3. The molecule has 4 rings (SSSR count). The highest BCUT2D eigenvalue weighted by molar-refractivity contribution is 5.92. The molecule has 134 valence electrons. The zero-order valence-electron chi connectivity index (χ0n) is 15.0. The van der Waals surface area contributed by atoms with Crippen molar-refractivity contribution in [2.24, 2.45) is 7.05 Å². The number of hydrogen-bond donors (Lipinski definition) is 0. The van der Waals surface area contributed by atoms with Crippen molar-refractivity contribution >= 4 is 5.91 Å². The average Bonchev–Trinajstić information content (AvgIpc) is 3.35. The van der Waals surface area contributed by atoms with Crippen molar-refractivity contribution < 1.29 is 9.32 Å². The van der Waals surface area contributed by atoms with Gasteiger partial charge in [-0.25, -0.2) is 9.97 Å². The van der Waals surface area contributed by atoms with Crippen LogP contribution in [-0.2, 0) is 7.05 Å². The third-order valence-electron chi connectivity index (χ3n) is 4.72. The number of likely N-dealkylation sites (tertiary alicyclic amines) is 1. The van der Waals surface area contributed by atoms with E-state index in [-0.39, 0.29) is 11.9 Å². The van der Waals surface area contributed by atoms with E-state index in [9.17, 15) is 4.79 Å². The summed E-state index contributed by atoms with van der Waals surface area (Å²) in [7, 11) is 1.85. The highest BCUT2D eigenvalue weighted by Crippen LogP contribution is 2.33. The van der Waals surface area contributed by atoms with Crippen molar-refractivity contribution in [3.8, 4) is 11.3 Å². The fourth-order valence-corrected chi connectivity index (χ4v) is 3.50. The lowest BCUT2D eigenvalue weighted by molar-refractivity contribution is 0.0727. The Morgan fingerprint density at radius 2 is 2.15 bits per heavy atom. The zero-order valence-corrected chi connectivity index (χ0v) is 15.0. The van der Waals surface area contributed by atoms with Crippen LogP contribution < -0.4 is 0 Å². The summed E-state index contributed by atoms with van der Waals surface area (Å²) in [6.45, 7) is 4.43. The lowest BCUT2D eigenvalue weighted by Gasteiger charge is -2.23. The second-order valence-corrected chi connectivity index (χ2v) is 6.61. The Balaban J connectivity index is 1.66. The standard InChI is InChI=1S/C18H20N6O2/c1-11-17(12(2)26-22-11)14-8-19-7-13(21-14)16-5-4-6-24(16)18(25)15-9-23(3)10-20-15/h7-10,16H,4-6H2,1-3H3. The first kappa shape index (κ1) is 16.4. The van der Waals surface area contributed by atoms with Gasteiger partial charge in [0, 0.05) is 19.8 Å². The molecular weight excluding hydrogens is 332 g/mol. The first-order valence-corrected chi connectivity index (χ1v) is 8.58. The van der Waals surface area contributed by atoms with E-state index in [1.807, 2.05) is 25.8 Å². The number of carbonyl (C=O) groups is 1. The molecule has 0 radical (unpaired) electrons. The van der Waals surface area contributed by atoms with E-state index < -0.39 is 0 Å². The van der Waals surface area contributed by atoms with Crippen LogP contribution in [0.15, 0.2) is 29.4 Å². The van der Waals surface area contributed by atoms with Crippen LogP contribution in [0.25, 0.3) is 11.3 Å². The number of imidazole rings is 1. The molecule has 1 aliphatic heterocycles. The van der Waals surface area contributed by atoms with Gasteiger partial charge in [-0.05, 0) is 26.7 Å². The van der Waals surface area contributed by atoms with Crippen LogP contribution in [0, 0.1) is 13.8 Å². The van der Waals surface area contributed by atoms with E-state index in [0.717, 1.165) is 35.5 Å². The summed E-state index contributed by atoms with van der Waals surface area (Å²) in [4.78, 5) is 28.0. The van der Waals surface area contributed by atoms with Gasteiger partial charge in [0.1, 0.15) is 11.5 Å². The van der Waals surface area contributed by atoms with Gasteiger partial charge in [-0.15, -0.1) is 0 Å². The summed E-state index contributed by atoms with van der Waals surface area (Å²) in [5.74, 6) is 0.638. The Labute approximate surface area is 150 Å². The second kappa shape index (κ2) is 6.36. The predicted octanol–water partition coefficient (Wildman–Crippen LogP) is 2.46. The highest BCUT2D eigenvalue weighted by atomic mass is 16.5. The van der Waals surface area contributed by atoms with Crippen LogP contribution in [0.1, 0.15) is 46.5 Å². The van der Waals surface area contributed by atoms with E-state index in [1.165, 1.54) is 0 Å². The molecule has 4 heterocycles. The van der Waals surface area contributed by atoms with Crippen LogP contribution in [0.2, 0.25) is 0 Å². The molecule has 1 aliphatic rings. The Kier molecular flexibility index (Phi) is 4.02. The quantitative estimate of drug-likeness (QED) is 0.719. The summed E-state index contributed by atoms with van der Waals surface area (Å²) in [5.41, 5.74) is 3.59. The smallest absolute Gasteiger partial charge is 0.274 e. The molecule has 8 heteroatoms. The molecule has 26 heavy (non-hydrogen) atoms. The zero-order chi connectivity index (χ0) is 18.3. The van der Waals surface area contributed by atoms with Crippen LogP contribution in [0.5, 0.6) is 0 Å². The van der Waals surface area contributed by atoms with Crippen LogP contribution in [-0.4, -0.2) is 42.0 Å². The summed E-state index contributed by atoms with van der Waals surface area (Å²) in [5, 5.41) is 3.99. The molecule has 0 spiro atoms. The average molecular weight is 352 g/mol. The molecule has 0 aliphatic carbocycles. The van der Waals surface area contributed by atoms with Gasteiger partial charge >= 0.3 is 0 Å². The molecule has 0 saturated carbocycles. The van der Waals surface area contributed by atoms with Gasteiger partial charge in [0.05, 0.1) is 47.4 Å². The summed E-state index contributed by atoms with van der Waals surface area (Å²) in [6.07, 6.45) is 8.60. The minimum atomic E-state index is -0.0996. The molecule has 0 N–H and O–H groups in total. The largest absolute Gasteiger partial charge is 0.361 e. The Bertz CT molecular complexity index is 941. The predicted molar refractivity (Wildman–Crippen MR) is 93.2 cm³/mol. The Morgan fingerprint density at radius 1 is 1.31 bits per heavy atom. The van der Waals surface area contributed by atoms with E-state index in [0.29, 0.717) is 18.0 Å². The number of aromatic nitrogens is 5. The maximum atomic E-state index is 12.8. The molecule has 1 fully saturated rings. The van der Waals surface area contributed by atoms with E-state index in [1.54, 1.807) is 29.5 Å². The maximum Gasteiger partial charge on any atom is 0.274 e. The topological polar surface area (TPSA) is 89.9 Å². The fraction of sp³-hybridized carbons (Fsp3) is 0.389. The molecule has 0 bridgehead atoms. The minimum absolute atomic E-state index is 0.0716. The molecule has 3 aromatic rings. The van der Waals surface area contributed by atoms with Crippen molar-refractivity contribution in [3.63, 3.8) is 0 Å². The third kappa shape index (κ3) is 2.77. The number of nitrogens with zero attached hydrogens (tertiary/aromatic N) is 6. The first-order valence-electron chi connectivity index (χ1n) is 8.58. The van der Waals surface area contributed by atoms with Crippen molar-refractivity contribution in [2.45, 2.75) is 32.7 Å². The molecule has 1 unspecified atom stereocenters. The van der Waals surface area contributed by atoms with Crippen LogP contribution in [0.3, 0.4) is 0 Å². The lowest BCUT2D eigenvalue weighted by Crippen LogP contribution is -2.31. The number of carbonyl (C=O) groups excluding carboxylic acids is 1. The molecule has 1 atom stereocenters. The highest BCUT2D eigenvalue weighted by Gasteiger charge is 2.33. The van der Waals surface area contributed by atoms with Crippen molar-refractivity contribution in [3.05, 3.63) is 47.8 Å². The van der Waals surface area contributed by atoms with Gasteiger partial charge in [-0.2, -0.15) is 0 Å². The molecule has 1 saturated heterocycles. The van der Waals surface area contributed by atoms with E-state index in [4.69, 9.17) is 9.51 Å². The van der Waals surface area contributed by atoms with Gasteiger partial charge in [0.2, 0.25) is 0 Å². The first-order chi connectivity index (χ1) is 12.5. The van der Waals surface area contributed by atoms with Gasteiger partial charge in [0.15, 0.2) is 0 Å². The van der Waals surface area contributed by atoms with Crippen LogP contribution >= 0.6 is 0 Å². The van der Waals surface area contributed by atoms with Crippen molar-refractivity contribution in [1.82, 2.24) is 29.6 Å². The van der Waals surface area contributed by atoms with E-state index >= 15 is 0 Å². The normalized spacial score (nSPS) is 17.0. The van der Waals surface area contributed by atoms with Crippen molar-refractivity contribution in [1.29, 1.82) is 0 Å². The second-order valence-electron chi connectivity index (χ2n) is 6.61. The number of hydrogen-bond acceptors (Lipinski definition) is 6. The van der Waals surface area contributed by atoms with Gasteiger partial charge in [-0.1, -0.05) is 5.16 Å². The molecular formula is C18H20N6O2. The number of amides is 1. The van der Waals surface area contributed by atoms with Gasteiger partial charge < -0.3 is 14.0 Å². The fourth-order valence-electron chi connectivity index (χ4n) is 3.50. The lowest BCUT2D eigenvalue weighted by atomic mass is 10.1. The van der Waals surface area contributed by atoms with Crippen LogP contribution in [0.4, 0.5) is 0 Å². The van der Waals surface area contributed by atoms with Crippen molar-refractivity contribution in [2.75, 3.05) is 6.54 Å². The third-order valence-corrected chi connectivity index (χ3v) is 4.72. The Hall–Kier alpha value is -3.03.